The van der Waals surface area contributed by atoms with Crippen LogP contribution in [0, 0.1) is 0 Å². The van der Waals surface area contributed by atoms with Gasteiger partial charge in [-0.1, -0.05) is 26.2 Å². The smallest absolute Gasteiger partial charge is 0.408 e. The molecule has 0 aliphatic carbocycles. The van der Waals surface area contributed by atoms with E-state index in [9.17, 15) is 9.59 Å². The molecule has 1 atom stereocenters. The molecule has 100 valence electrons. The number of carboxylic acids is 1. The summed E-state index contributed by atoms with van der Waals surface area (Å²) in [4.78, 5) is 22.3. The Kier molecular flexibility index (Phi) is 6.61. The zero-order valence-corrected chi connectivity index (χ0v) is 11.1. The number of alkyl carbamates (subject to hydrolysis) is 1. The number of unbranched alkanes of at least 4 members (excludes halogenated alkanes) is 2. The van der Waals surface area contributed by atoms with Crippen molar-refractivity contribution in [2.75, 3.05) is 0 Å². The molecule has 0 fully saturated rings. The summed E-state index contributed by atoms with van der Waals surface area (Å²) < 4.78 is 5.01. The van der Waals surface area contributed by atoms with Gasteiger partial charge in [-0.3, -0.25) is 0 Å². The highest BCUT2D eigenvalue weighted by atomic mass is 16.6. The van der Waals surface area contributed by atoms with Gasteiger partial charge in [0.15, 0.2) is 0 Å². The average Bonchev–Trinajstić information content (AvgIpc) is 2.13. The van der Waals surface area contributed by atoms with Crippen molar-refractivity contribution in [3.8, 4) is 0 Å². The van der Waals surface area contributed by atoms with Crippen molar-refractivity contribution < 1.29 is 19.4 Å². The molecule has 0 heterocycles. The van der Waals surface area contributed by atoms with E-state index in [-0.39, 0.29) is 0 Å². The zero-order chi connectivity index (χ0) is 13.5. The number of rotatable bonds is 6. The van der Waals surface area contributed by atoms with Crippen molar-refractivity contribution in [3.63, 3.8) is 0 Å². The number of aliphatic carboxylic acids is 1. The van der Waals surface area contributed by atoms with Crippen molar-refractivity contribution in [1.29, 1.82) is 0 Å². The first-order chi connectivity index (χ1) is 7.76. The summed E-state index contributed by atoms with van der Waals surface area (Å²) in [5.41, 5.74) is -0.615. The predicted molar refractivity (Wildman–Crippen MR) is 64.9 cm³/mol. The third-order valence-corrected chi connectivity index (χ3v) is 2.09. The summed E-state index contributed by atoms with van der Waals surface area (Å²) in [6, 6.07) is -0.864. The van der Waals surface area contributed by atoms with Crippen LogP contribution in [0.15, 0.2) is 0 Å². The highest BCUT2D eigenvalue weighted by molar-refractivity contribution is 5.79. The van der Waals surface area contributed by atoms with E-state index in [1.54, 1.807) is 20.8 Å². The number of hydrogen-bond donors (Lipinski definition) is 2. The zero-order valence-electron chi connectivity index (χ0n) is 11.1. The molecule has 1 amide bonds. The number of ether oxygens (including phenoxy) is 1. The standard InChI is InChI=1S/C12H23NO4/c1-5-6-7-8-9(10(14)15)13-11(16)17-12(2,3)4/h9H,5-8H2,1-4H3,(H,13,16)(H,14,15). The Morgan fingerprint density at radius 3 is 2.29 bits per heavy atom. The van der Waals surface area contributed by atoms with Crippen LogP contribution in [0.4, 0.5) is 4.79 Å². The normalized spacial score (nSPS) is 12.9. The summed E-state index contributed by atoms with van der Waals surface area (Å²) in [6.45, 7) is 7.25. The van der Waals surface area contributed by atoms with Crippen molar-refractivity contribution in [2.24, 2.45) is 0 Å². The van der Waals surface area contributed by atoms with Crippen molar-refractivity contribution >= 4 is 12.1 Å². The van der Waals surface area contributed by atoms with E-state index in [1.165, 1.54) is 0 Å². The topological polar surface area (TPSA) is 75.6 Å². The highest BCUT2D eigenvalue weighted by Crippen LogP contribution is 2.08. The van der Waals surface area contributed by atoms with Crippen LogP contribution in [0.3, 0.4) is 0 Å². The van der Waals surface area contributed by atoms with Gasteiger partial charge in [0.1, 0.15) is 11.6 Å². The van der Waals surface area contributed by atoms with Crippen molar-refractivity contribution in [1.82, 2.24) is 5.32 Å². The van der Waals surface area contributed by atoms with E-state index >= 15 is 0 Å². The maximum Gasteiger partial charge on any atom is 0.408 e. The summed E-state index contributed by atoms with van der Waals surface area (Å²) in [5.74, 6) is -1.02. The third-order valence-electron chi connectivity index (χ3n) is 2.09. The Balaban J connectivity index is 4.16. The second kappa shape index (κ2) is 7.14. The molecular weight excluding hydrogens is 222 g/mol. The number of hydrogen-bond acceptors (Lipinski definition) is 3. The fourth-order valence-corrected chi connectivity index (χ4v) is 1.31. The maximum absolute atomic E-state index is 11.4. The van der Waals surface area contributed by atoms with Gasteiger partial charge in [-0.25, -0.2) is 9.59 Å². The van der Waals surface area contributed by atoms with E-state index in [1.807, 2.05) is 6.92 Å². The molecule has 0 aromatic carbocycles. The molecule has 17 heavy (non-hydrogen) atoms. The quantitative estimate of drug-likeness (QED) is 0.705. The molecule has 5 heteroatoms. The van der Waals surface area contributed by atoms with Crippen LogP contribution in [0.25, 0.3) is 0 Å². The molecule has 1 unspecified atom stereocenters. The summed E-state index contributed by atoms with van der Waals surface area (Å²) >= 11 is 0. The Hall–Kier alpha value is -1.26. The van der Waals surface area contributed by atoms with Crippen LogP contribution in [0.1, 0.15) is 53.4 Å². The minimum absolute atomic E-state index is 0.433. The van der Waals surface area contributed by atoms with Crippen LogP contribution in [0.5, 0.6) is 0 Å². The second-order valence-corrected chi connectivity index (χ2v) is 5.03. The van der Waals surface area contributed by atoms with E-state index in [4.69, 9.17) is 9.84 Å². The molecule has 0 aromatic heterocycles. The lowest BCUT2D eigenvalue weighted by atomic mass is 10.1. The van der Waals surface area contributed by atoms with Gasteiger partial charge in [-0.05, 0) is 27.2 Å². The van der Waals surface area contributed by atoms with E-state index in [2.05, 4.69) is 5.32 Å². The Bertz CT molecular complexity index is 258. The maximum atomic E-state index is 11.4. The number of carbonyl (C=O) groups excluding carboxylic acids is 1. The Morgan fingerprint density at radius 1 is 1.29 bits per heavy atom. The molecule has 0 radical (unpaired) electrons. The molecule has 0 aliphatic heterocycles. The number of nitrogens with one attached hydrogen (secondary N) is 1. The van der Waals surface area contributed by atoms with Crippen LogP contribution >= 0.6 is 0 Å². The minimum atomic E-state index is -1.02. The average molecular weight is 245 g/mol. The first-order valence-corrected chi connectivity index (χ1v) is 5.98. The predicted octanol–water partition coefficient (Wildman–Crippen LogP) is 2.54. The SMILES string of the molecule is CCCCCC(NC(=O)OC(C)(C)C)C(=O)O. The van der Waals surface area contributed by atoms with Gasteiger partial charge in [0.05, 0.1) is 0 Å². The largest absolute Gasteiger partial charge is 0.480 e. The highest BCUT2D eigenvalue weighted by Gasteiger charge is 2.23. The van der Waals surface area contributed by atoms with Crippen LogP contribution in [-0.2, 0) is 9.53 Å². The molecule has 0 spiro atoms. The van der Waals surface area contributed by atoms with Gasteiger partial charge in [0.2, 0.25) is 0 Å². The van der Waals surface area contributed by atoms with Crippen LogP contribution in [-0.4, -0.2) is 28.8 Å². The first kappa shape index (κ1) is 15.7. The lowest BCUT2D eigenvalue weighted by molar-refractivity contribution is -0.139. The van der Waals surface area contributed by atoms with Crippen LogP contribution < -0.4 is 5.32 Å². The molecule has 2 N–H and O–H groups in total. The molecule has 0 rings (SSSR count). The van der Waals surface area contributed by atoms with Crippen molar-refractivity contribution in [2.45, 2.75) is 65.0 Å². The molecule has 0 aromatic rings. The number of amides is 1. The van der Waals surface area contributed by atoms with Gasteiger partial charge in [0.25, 0.3) is 0 Å². The lowest BCUT2D eigenvalue weighted by Crippen LogP contribution is -2.43. The Morgan fingerprint density at radius 2 is 1.88 bits per heavy atom. The van der Waals surface area contributed by atoms with E-state index in [0.717, 1.165) is 19.3 Å². The van der Waals surface area contributed by atoms with E-state index < -0.39 is 23.7 Å². The fraction of sp³-hybridized carbons (Fsp3) is 0.833. The third kappa shape index (κ3) is 8.54. The lowest BCUT2D eigenvalue weighted by Gasteiger charge is -2.21. The summed E-state index contributed by atoms with van der Waals surface area (Å²) in [6.07, 6.45) is 2.51. The second-order valence-electron chi connectivity index (χ2n) is 5.03. The van der Waals surface area contributed by atoms with Crippen molar-refractivity contribution in [3.05, 3.63) is 0 Å². The number of carbonyl (C=O) groups is 2. The van der Waals surface area contributed by atoms with Gasteiger partial charge < -0.3 is 15.2 Å². The molecule has 0 saturated carbocycles. The van der Waals surface area contributed by atoms with E-state index in [0.29, 0.717) is 6.42 Å². The summed E-state index contributed by atoms with van der Waals surface area (Å²) in [7, 11) is 0. The van der Waals surface area contributed by atoms with Gasteiger partial charge in [-0.2, -0.15) is 0 Å². The van der Waals surface area contributed by atoms with Crippen LogP contribution in [0.2, 0.25) is 0 Å². The van der Waals surface area contributed by atoms with Gasteiger partial charge >= 0.3 is 12.1 Å². The minimum Gasteiger partial charge on any atom is -0.480 e. The molecule has 0 bridgehead atoms. The molecule has 0 aliphatic rings. The molecule has 5 nitrogen and oxygen atoms in total. The monoisotopic (exact) mass is 245 g/mol. The molecular formula is C12H23NO4. The summed E-state index contributed by atoms with van der Waals surface area (Å²) in [5, 5.41) is 11.3. The number of carboxylic acid groups (broad SMARTS) is 1. The fourth-order valence-electron chi connectivity index (χ4n) is 1.31. The van der Waals surface area contributed by atoms with Gasteiger partial charge in [-0.15, -0.1) is 0 Å². The Labute approximate surface area is 103 Å². The molecule has 0 saturated heterocycles. The van der Waals surface area contributed by atoms with Gasteiger partial charge in [0, 0.05) is 0 Å². The first-order valence-electron chi connectivity index (χ1n) is 5.98.